The minimum atomic E-state index is -2.91. The van der Waals surface area contributed by atoms with Crippen LogP contribution in [0, 0.1) is 5.92 Å². The molecular weight excluding hydrogens is 302 g/mol. The van der Waals surface area contributed by atoms with E-state index >= 15 is 0 Å². The van der Waals surface area contributed by atoms with Gasteiger partial charge in [0.2, 0.25) is 5.91 Å². The zero-order valence-electron chi connectivity index (χ0n) is 12.2. The normalized spacial score (nSPS) is 20.3. The van der Waals surface area contributed by atoms with E-state index in [4.69, 9.17) is 4.42 Å². The Morgan fingerprint density at radius 1 is 1.32 bits per heavy atom. The number of carbonyl (C=O) groups is 1. The summed E-state index contributed by atoms with van der Waals surface area (Å²) in [6.45, 7) is 0.498. The van der Waals surface area contributed by atoms with E-state index in [9.17, 15) is 13.2 Å². The second-order valence-electron chi connectivity index (χ2n) is 5.82. The van der Waals surface area contributed by atoms with Crippen molar-refractivity contribution in [2.45, 2.75) is 19.3 Å². The van der Waals surface area contributed by atoms with E-state index in [-0.39, 0.29) is 23.3 Å². The molecule has 0 radical (unpaired) electrons. The SMILES string of the molecule is O=C(CC1CCS(=O)(=O)C1)NCCc1cc2ccccc2o1. The molecule has 1 aromatic heterocycles. The van der Waals surface area contributed by atoms with Gasteiger partial charge >= 0.3 is 0 Å². The molecule has 1 aromatic carbocycles. The molecule has 0 spiro atoms. The third-order valence-electron chi connectivity index (χ3n) is 3.97. The van der Waals surface area contributed by atoms with Crippen molar-refractivity contribution in [1.29, 1.82) is 0 Å². The van der Waals surface area contributed by atoms with Crippen molar-refractivity contribution in [1.82, 2.24) is 5.32 Å². The van der Waals surface area contributed by atoms with Gasteiger partial charge in [-0.25, -0.2) is 8.42 Å². The molecule has 6 heteroatoms. The van der Waals surface area contributed by atoms with Gasteiger partial charge in [-0.3, -0.25) is 4.79 Å². The molecule has 0 saturated carbocycles. The summed E-state index contributed by atoms with van der Waals surface area (Å²) >= 11 is 0. The Balaban J connectivity index is 1.45. The summed E-state index contributed by atoms with van der Waals surface area (Å²) in [6, 6.07) is 9.76. The second-order valence-corrected chi connectivity index (χ2v) is 8.05. The fraction of sp³-hybridized carbons (Fsp3) is 0.438. The molecular formula is C16H19NO4S. The maximum Gasteiger partial charge on any atom is 0.220 e. The highest BCUT2D eigenvalue weighted by atomic mass is 32.2. The fourth-order valence-corrected chi connectivity index (χ4v) is 4.71. The Morgan fingerprint density at radius 2 is 2.14 bits per heavy atom. The third-order valence-corrected chi connectivity index (χ3v) is 5.81. The molecule has 118 valence electrons. The lowest BCUT2D eigenvalue weighted by molar-refractivity contribution is -0.121. The molecule has 1 unspecified atom stereocenters. The molecule has 1 atom stereocenters. The van der Waals surface area contributed by atoms with Crippen molar-refractivity contribution in [3.8, 4) is 0 Å². The summed E-state index contributed by atoms with van der Waals surface area (Å²) in [5, 5.41) is 3.89. The molecule has 22 heavy (non-hydrogen) atoms. The van der Waals surface area contributed by atoms with Gasteiger partial charge < -0.3 is 9.73 Å². The lowest BCUT2D eigenvalue weighted by Crippen LogP contribution is -2.27. The number of fused-ring (bicyclic) bond motifs is 1. The van der Waals surface area contributed by atoms with Crippen molar-refractivity contribution in [2.24, 2.45) is 5.92 Å². The van der Waals surface area contributed by atoms with Crippen LogP contribution < -0.4 is 5.32 Å². The Hall–Kier alpha value is -1.82. The van der Waals surface area contributed by atoms with Gasteiger partial charge in [0.1, 0.15) is 11.3 Å². The average Bonchev–Trinajstić information content (AvgIpc) is 3.01. The predicted molar refractivity (Wildman–Crippen MR) is 84.3 cm³/mol. The van der Waals surface area contributed by atoms with Gasteiger partial charge in [0, 0.05) is 24.8 Å². The van der Waals surface area contributed by atoms with Crippen LogP contribution in [0.25, 0.3) is 11.0 Å². The van der Waals surface area contributed by atoms with Crippen LogP contribution in [0.1, 0.15) is 18.6 Å². The number of hydrogen-bond donors (Lipinski definition) is 1. The van der Waals surface area contributed by atoms with Gasteiger partial charge in [0.05, 0.1) is 11.5 Å². The van der Waals surface area contributed by atoms with Gasteiger partial charge in [-0.1, -0.05) is 18.2 Å². The summed E-state index contributed by atoms with van der Waals surface area (Å²) < 4.78 is 28.4. The zero-order chi connectivity index (χ0) is 15.6. The van der Waals surface area contributed by atoms with E-state index in [0.29, 0.717) is 25.8 Å². The number of carbonyl (C=O) groups excluding carboxylic acids is 1. The van der Waals surface area contributed by atoms with Crippen LogP contribution in [0.5, 0.6) is 0 Å². The first kappa shape index (κ1) is 15.1. The van der Waals surface area contributed by atoms with Crippen LogP contribution in [0.4, 0.5) is 0 Å². The Bertz CT molecular complexity index is 745. The first-order chi connectivity index (χ1) is 10.5. The van der Waals surface area contributed by atoms with Crippen LogP contribution in [0.3, 0.4) is 0 Å². The molecule has 1 fully saturated rings. The monoisotopic (exact) mass is 321 g/mol. The largest absolute Gasteiger partial charge is 0.461 e. The topological polar surface area (TPSA) is 76.4 Å². The zero-order valence-corrected chi connectivity index (χ0v) is 13.1. The van der Waals surface area contributed by atoms with Crippen LogP contribution in [-0.4, -0.2) is 32.4 Å². The van der Waals surface area contributed by atoms with Gasteiger partial charge in [-0.15, -0.1) is 0 Å². The highest BCUT2D eigenvalue weighted by molar-refractivity contribution is 7.91. The molecule has 5 nitrogen and oxygen atoms in total. The number of furan rings is 1. The lowest BCUT2D eigenvalue weighted by Gasteiger charge is -2.07. The number of rotatable bonds is 5. The number of nitrogens with one attached hydrogen (secondary N) is 1. The average molecular weight is 321 g/mol. The van der Waals surface area contributed by atoms with Crippen molar-refractivity contribution < 1.29 is 17.6 Å². The van der Waals surface area contributed by atoms with E-state index in [1.807, 2.05) is 30.3 Å². The maximum atomic E-state index is 11.8. The summed E-state index contributed by atoms with van der Waals surface area (Å²) in [4.78, 5) is 11.8. The van der Waals surface area contributed by atoms with Crippen molar-refractivity contribution in [2.75, 3.05) is 18.1 Å². The van der Waals surface area contributed by atoms with Crippen LogP contribution in [0.2, 0.25) is 0 Å². The van der Waals surface area contributed by atoms with Gasteiger partial charge in [0.15, 0.2) is 9.84 Å². The minimum absolute atomic E-state index is 0.0313. The minimum Gasteiger partial charge on any atom is -0.461 e. The van der Waals surface area contributed by atoms with E-state index in [2.05, 4.69) is 5.32 Å². The number of benzene rings is 1. The lowest BCUT2D eigenvalue weighted by atomic mass is 10.1. The van der Waals surface area contributed by atoms with Gasteiger partial charge in [-0.2, -0.15) is 0 Å². The number of hydrogen-bond acceptors (Lipinski definition) is 4. The summed E-state index contributed by atoms with van der Waals surface area (Å²) in [5.74, 6) is 1.08. The Kier molecular flexibility index (Phi) is 4.20. The quantitative estimate of drug-likeness (QED) is 0.913. The third kappa shape index (κ3) is 3.68. The van der Waals surface area contributed by atoms with E-state index < -0.39 is 9.84 Å². The predicted octanol–water partition coefficient (Wildman–Crippen LogP) is 1.92. The smallest absolute Gasteiger partial charge is 0.220 e. The summed E-state index contributed by atoms with van der Waals surface area (Å²) in [5.41, 5.74) is 0.847. The number of amides is 1. The Morgan fingerprint density at radius 3 is 2.86 bits per heavy atom. The number of para-hydroxylation sites is 1. The molecule has 1 N–H and O–H groups in total. The highest BCUT2D eigenvalue weighted by Crippen LogP contribution is 2.21. The van der Waals surface area contributed by atoms with Gasteiger partial charge in [0.25, 0.3) is 0 Å². The van der Waals surface area contributed by atoms with Crippen LogP contribution >= 0.6 is 0 Å². The van der Waals surface area contributed by atoms with Crippen molar-refractivity contribution >= 4 is 26.7 Å². The molecule has 2 heterocycles. The second kappa shape index (κ2) is 6.12. The summed E-state index contributed by atoms with van der Waals surface area (Å²) in [7, 11) is -2.91. The molecule has 3 rings (SSSR count). The fourth-order valence-electron chi connectivity index (χ4n) is 2.85. The molecule has 1 aliphatic rings. The molecule has 0 bridgehead atoms. The Labute approximate surface area is 129 Å². The molecule has 0 aliphatic carbocycles. The molecule has 1 saturated heterocycles. The van der Waals surface area contributed by atoms with E-state index in [1.165, 1.54) is 0 Å². The van der Waals surface area contributed by atoms with E-state index in [0.717, 1.165) is 16.7 Å². The van der Waals surface area contributed by atoms with Crippen molar-refractivity contribution in [3.05, 3.63) is 36.1 Å². The highest BCUT2D eigenvalue weighted by Gasteiger charge is 2.29. The number of sulfone groups is 1. The maximum absolute atomic E-state index is 11.8. The standard InChI is InChI=1S/C16H19NO4S/c18-16(9-12-6-8-22(19,20)11-12)17-7-5-14-10-13-3-1-2-4-15(13)21-14/h1-4,10,12H,5-9,11H2,(H,17,18). The van der Waals surface area contributed by atoms with Crippen LogP contribution in [-0.2, 0) is 21.1 Å². The van der Waals surface area contributed by atoms with E-state index in [1.54, 1.807) is 0 Å². The first-order valence-electron chi connectivity index (χ1n) is 7.46. The molecule has 1 amide bonds. The first-order valence-corrected chi connectivity index (χ1v) is 9.28. The molecule has 1 aliphatic heterocycles. The summed E-state index contributed by atoms with van der Waals surface area (Å²) in [6.07, 6.45) is 1.52. The van der Waals surface area contributed by atoms with Crippen molar-refractivity contribution in [3.63, 3.8) is 0 Å². The van der Waals surface area contributed by atoms with Gasteiger partial charge in [-0.05, 0) is 24.5 Å². The van der Waals surface area contributed by atoms with Crippen LogP contribution in [0.15, 0.2) is 34.7 Å². The molecule has 2 aromatic rings.